The van der Waals surface area contributed by atoms with E-state index >= 15 is 0 Å². The average molecular weight is 185 g/mol. The zero-order valence-electron chi connectivity index (χ0n) is 7.27. The number of nitrogens with two attached hydrogens (primary N) is 1. The summed E-state index contributed by atoms with van der Waals surface area (Å²) in [5, 5.41) is 8.59. The molecule has 1 aromatic heterocycles. The topological polar surface area (TPSA) is 75.8 Å². The summed E-state index contributed by atoms with van der Waals surface area (Å²) in [4.78, 5) is 3.97. The third-order valence-corrected chi connectivity index (χ3v) is 1.78. The van der Waals surface area contributed by atoms with Gasteiger partial charge in [0.2, 0.25) is 11.8 Å². The predicted molar refractivity (Wildman–Crippen MR) is 51.1 cm³/mol. The molecule has 1 heterocycles. The van der Waals surface area contributed by atoms with Gasteiger partial charge in [0.1, 0.15) is 0 Å². The molecule has 0 saturated carbocycles. The molecule has 0 fully saturated rings. The first-order valence-corrected chi connectivity index (χ1v) is 4.01. The maximum absolute atomic E-state index is 8.59. The van der Waals surface area contributed by atoms with E-state index in [1.54, 1.807) is 24.3 Å². The first kappa shape index (κ1) is 8.32. The highest BCUT2D eigenvalue weighted by Gasteiger charge is 2.03. The molecule has 0 amide bonds. The number of aromatic nitrogens is 1. The van der Waals surface area contributed by atoms with Crippen molar-refractivity contribution in [2.75, 3.05) is 5.73 Å². The quantitative estimate of drug-likeness (QED) is 0.734. The second-order valence-corrected chi connectivity index (χ2v) is 2.76. The van der Waals surface area contributed by atoms with Gasteiger partial charge in [0.05, 0.1) is 17.8 Å². The van der Waals surface area contributed by atoms with E-state index in [0.29, 0.717) is 11.5 Å². The molecule has 2 N–H and O–H groups in total. The standard InChI is InChI=1S/C10H7N3O/c11-5-7-1-3-8(4-2-7)10-13-6-9(12)14-10/h1-4,6H,12H2. The molecule has 4 nitrogen and oxygen atoms in total. The Kier molecular flexibility index (Phi) is 1.92. The minimum Gasteiger partial charge on any atom is -0.421 e. The van der Waals surface area contributed by atoms with Crippen molar-refractivity contribution >= 4 is 5.88 Å². The van der Waals surface area contributed by atoms with E-state index in [-0.39, 0.29) is 5.88 Å². The summed E-state index contributed by atoms with van der Waals surface area (Å²) in [6.45, 7) is 0. The molecule has 0 unspecified atom stereocenters. The number of nitriles is 1. The van der Waals surface area contributed by atoms with Crippen molar-refractivity contribution in [3.05, 3.63) is 36.0 Å². The van der Waals surface area contributed by atoms with E-state index in [9.17, 15) is 0 Å². The van der Waals surface area contributed by atoms with Crippen LogP contribution in [0.4, 0.5) is 5.88 Å². The first-order valence-electron chi connectivity index (χ1n) is 4.01. The van der Waals surface area contributed by atoms with Gasteiger partial charge in [-0.25, -0.2) is 4.98 Å². The summed E-state index contributed by atoms with van der Waals surface area (Å²) >= 11 is 0. The predicted octanol–water partition coefficient (Wildman–Crippen LogP) is 1.80. The molecule has 4 heteroatoms. The maximum atomic E-state index is 8.59. The van der Waals surface area contributed by atoms with Gasteiger partial charge in [-0.05, 0) is 24.3 Å². The number of benzene rings is 1. The molecule has 0 aliphatic heterocycles. The second-order valence-electron chi connectivity index (χ2n) is 2.76. The van der Waals surface area contributed by atoms with Crippen LogP contribution in [-0.4, -0.2) is 4.98 Å². The lowest BCUT2D eigenvalue weighted by Gasteiger charge is -1.94. The first-order chi connectivity index (χ1) is 6.79. The summed E-state index contributed by atoms with van der Waals surface area (Å²) < 4.78 is 5.13. The molecular formula is C10H7N3O. The van der Waals surface area contributed by atoms with Crippen molar-refractivity contribution in [3.8, 4) is 17.5 Å². The van der Waals surface area contributed by atoms with Gasteiger partial charge >= 0.3 is 0 Å². The SMILES string of the molecule is N#Cc1ccc(-c2ncc(N)o2)cc1. The largest absolute Gasteiger partial charge is 0.421 e. The van der Waals surface area contributed by atoms with Crippen molar-refractivity contribution in [1.29, 1.82) is 5.26 Å². The third-order valence-electron chi connectivity index (χ3n) is 1.78. The van der Waals surface area contributed by atoms with E-state index in [0.717, 1.165) is 5.56 Å². The number of hydrogen-bond donors (Lipinski definition) is 1. The summed E-state index contributed by atoms with van der Waals surface area (Å²) in [5.41, 5.74) is 6.80. The summed E-state index contributed by atoms with van der Waals surface area (Å²) in [7, 11) is 0. The Morgan fingerprint density at radius 2 is 2.00 bits per heavy atom. The van der Waals surface area contributed by atoms with Gasteiger partial charge in [-0.3, -0.25) is 0 Å². The maximum Gasteiger partial charge on any atom is 0.228 e. The number of oxazole rings is 1. The van der Waals surface area contributed by atoms with Gasteiger partial charge in [0, 0.05) is 5.56 Å². The molecule has 1 aromatic carbocycles. The summed E-state index contributed by atoms with van der Waals surface area (Å²) in [6.07, 6.45) is 1.45. The van der Waals surface area contributed by atoms with Gasteiger partial charge in [-0.15, -0.1) is 0 Å². The van der Waals surface area contributed by atoms with Gasteiger partial charge in [-0.2, -0.15) is 5.26 Å². The minimum absolute atomic E-state index is 0.282. The molecule has 0 bridgehead atoms. The van der Waals surface area contributed by atoms with Crippen molar-refractivity contribution in [3.63, 3.8) is 0 Å². The van der Waals surface area contributed by atoms with Crippen LogP contribution in [0.5, 0.6) is 0 Å². The average Bonchev–Trinajstić information content (AvgIpc) is 2.65. The van der Waals surface area contributed by atoms with E-state index in [1.807, 2.05) is 6.07 Å². The van der Waals surface area contributed by atoms with Crippen LogP contribution in [0, 0.1) is 11.3 Å². The molecule has 14 heavy (non-hydrogen) atoms. The van der Waals surface area contributed by atoms with Crippen molar-refractivity contribution in [2.45, 2.75) is 0 Å². The Morgan fingerprint density at radius 3 is 2.50 bits per heavy atom. The Morgan fingerprint density at radius 1 is 1.29 bits per heavy atom. The Bertz CT molecular complexity index is 479. The van der Waals surface area contributed by atoms with Crippen LogP contribution in [-0.2, 0) is 0 Å². The Labute approximate surface area is 80.6 Å². The summed E-state index contributed by atoms with van der Waals surface area (Å²) in [6, 6.07) is 8.98. The Balaban J connectivity index is 2.39. The van der Waals surface area contributed by atoms with Crippen LogP contribution >= 0.6 is 0 Å². The lowest BCUT2D eigenvalue weighted by molar-refractivity contribution is 0.594. The number of rotatable bonds is 1. The van der Waals surface area contributed by atoms with Gasteiger partial charge in [0.25, 0.3) is 0 Å². The fourth-order valence-corrected chi connectivity index (χ4v) is 1.11. The van der Waals surface area contributed by atoms with Gasteiger partial charge < -0.3 is 10.2 Å². The van der Waals surface area contributed by atoms with Crippen LogP contribution in [0.2, 0.25) is 0 Å². The van der Waals surface area contributed by atoms with Crippen molar-refractivity contribution < 1.29 is 4.42 Å². The van der Waals surface area contributed by atoms with Crippen LogP contribution in [0.25, 0.3) is 11.5 Å². The number of nitrogens with zero attached hydrogens (tertiary/aromatic N) is 2. The van der Waals surface area contributed by atoms with Gasteiger partial charge in [0.15, 0.2) is 0 Å². The normalized spacial score (nSPS) is 9.64. The fraction of sp³-hybridized carbons (Fsp3) is 0. The zero-order valence-corrected chi connectivity index (χ0v) is 7.27. The molecular weight excluding hydrogens is 178 g/mol. The number of hydrogen-bond acceptors (Lipinski definition) is 4. The molecule has 2 aromatic rings. The van der Waals surface area contributed by atoms with E-state index in [2.05, 4.69) is 4.98 Å². The summed E-state index contributed by atoms with van der Waals surface area (Å²) in [5.74, 6) is 0.747. The molecule has 2 rings (SSSR count). The van der Waals surface area contributed by atoms with Crippen LogP contribution < -0.4 is 5.73 Å². The highest BCUT2D eigenvalue weighted by Crippen LogP contribution is 2.20. The minimum atomic E-state index is 0.282. The lowest BCUT2D eigenvalue weighted by atomic mass is 10.1. The van der Waals surface area contributed by atoms with Crippen LogP contribution in [0.1, 0.15) is 5.56 Å². The zero-order chi connectivity index (χ0) is 9.97. The van der Waals surface area contributed by atoms with Gasteiger partial charge in [-0.1, -0.05) is 0 Å². The fourth-order valence-electron chi connectivity index (χ4n) is 1.11. The molecule has 0 aliphatic carbocycles. The van der Waals surface area contributed by atoms with E-state index in [1.165, 1.54) is 6.20 Å². The third kappa shape index (κ3) is 1.43. The van der Waals surface area contributed by atoms with E-state index < -0.39 is 0 Å². The van der Waals surface area contributed by atoms with Crippen LogP contribution in [0.15, 0.2) is 34.9 Å². The molecule has 0 atom stereocenters. The van der Waals surface area contributed by atoms with Crippen molar-refractivity contribution in [2.24, 2.45) is 0 Å². The monoisotopic (exact) mass is 185 g/mol. The highest BCUT2D eigenvalue weighted by atomic mass is 16.4. The molecule has 0 saturated heterocycles. The molecule has 68 valence electrons. The molecule has 0 aliphatic rings. The van der Waals surface area contributed by atoms with Crippen LogP contribution in [0.3, 0.4) is 0 Å². The Hall–Kier alpha value is -2.28. The second kappa shape index (κ2) is 3.23. The molecule has 0 spiro atoms. The van der Waals surface area contributed by atoms with E-state index in [4.69, 9.17) is 15.4 Å². The smallest absolute Gasteiger partial charge is 0.228 e. The number of anilines is 1. The lowest BCUT2D eigenvalue weighted by Crippen LogP contribution is -1.78. The van der Waals surface area contributed by atoms with Crippen molar-refractivity contribution in [1.82, 2.24) is 4.98 Å². The molecule has 0 radical (unpaired) electrons. The highest BCUT2D eigenvalue weighted by molar-refractivity contribution is 5.55. The number of nitrogen functional groups attached to an aromatic ring is 1.